The Morgan fingerprint density at radius 2 is 2.12 bits per heavy atom. The summed E-state index contributed by atoms with van der Waals surface area (Å²) in [5.41, 5.74) is 3.25. The lowest BCUT2D eigenvalue weighted by Crippen LogP contribution is -1.99. The van der Waals surface area contributed by atoms with Gasteiger partial charge < -0.3 is 10.9 Å². The topological polar surface area (TPSA) is 58.6 Å². The maximum absolute atomic E-state index is 9.82. The number of phenols is 1. The molecule has 0 amide bonds. The van der Waals surface area contributed by atoms with E-state index in [1.54, 1.807) is 25.1 Å². The lowest BCUT2D eigenvalue weighted by molar-refractivity contribution is 0.474. The summed E-state index contributed by atoms with van der Waals surface area (Å²) in [6.07, 6.45) is 3.60. The fourth-order valence-corrected chi connectivity index (χ4v) is 1.43. The summed E-state index contributed by atoms with van der Waals surface area (Å²) in [5.74, 6) is 5.35. The van der Waals surface area contributed by atoms with E-state index < -0.39 is 0 Å². The normalized spacial score (nSPS) is 12.6. The molecule has 0 aromatic heterocycles. The van der Waals surface area contributed by atoms with E-state index in [2.05, 4.69) is 11.7 Å². The molecule has 0 saturated heterocycles. The second-order valence-electron chi connectivity index (χ2n) is 3.53. The Balaban J connectivity index is 3.19. The number of rotatable bonds is 3. The molecule has 0 spiro atoms. The molecule has 0 aliphatic carbocycles. The molecule has 0 saturated carbocycles. The van der Waals surface area contributed by atoms with Crippen LogP contribution in [-0.4, -0.2) is 10.8 Å². The molecule has 16 heavy (non-hydrogen) atoms. The molecule has 1 aromatic rings. The van der Waals surface area contributed by atoms with Gasteiger partial charge in [0, 0.05) is 5.56 Å². The molecule has 0 aliphatic rings. The van der Waals surface area contributed by atoms with Crippen LogP contribution >= 0.6 is 0 Å². The molecule has 0 unspecified atom stereocenters. The maximum atomic E-state index is 9.82. The van der Waals surface area contributed by atoms with Gasteiger partial charge >= 0.3 is 0 Å². The van der Waals surface area contributed by atoms with E-state index in [1.165, 1.54) is 0 Å². The van der Waals surface area contributed by atoms with Gasteiger partial charge in [-0.25, -0.2) is 0 Å². The van der Waals surface area contributed by atoms with Crippen LogP contribution < -0.4 is 5.84 Å². The molecule has 1 rings (SSSR count). The van der Waals surface area contributed by atoms with E-state index >= 15 is 0 Å². The Hall–Kier alpha value is -2.03. The van der Waals surface area contributed by atoms with Crippen molar-refractivity contribution in [1.82, 2.24) is 0 Å². The van der Waals surface area contributed by atoms with Gasteiger partial charge in [0.05, 0.1) is 5.71 Å². The first kappa shape index (κ1) is 12.0. The Labute approximate surface area is 95.6 Å². The van der Waals surface area contributed by atoms with Crippen LogP contribution in [-0.2, 0) is 0 Å². The smallest absolute Gasteiger partial charge is 0.125 e. The zero-order valence-corrected chi connectivity index (χ0v) is 9.57. The van der Waals surface area contributed by atoms with E-state index in [9.17, 15) is 5.11 Å². The summed E-state index contributed by atoms with van der Waals surface area (Å²) in [7, 11) is 0. The van der Waals surface area contributed by atoms with Gasteiger partial charge in [-0.3, -0.25) is 0 Å². The molecule has 0 atom stereocenters. The highest BCUT2D eigenvalue weighted by Crippen LogP contribution is 2.23. The van der Waals surface area contributed by atoms with E-state index in [1.807, 2.05) is 19.1 Å². The first-order valence-electron chi connectivity index (χ1n) is 4.97. The molecular formula is C13H16N2O. The van der Waals surface area contributed by atoms with Gasteiger partial charge in [0.1, 0.15) is 5.75 Å². The fraction of sp³-hybridized carbons (Fsp3) is 0.154. The molecule has 0 aliphatic heterocycles. The Bertz CT molecular complexity index is 459. The summed E-state index contributed by atoms with van der Waals surface area (Å²) < 4.78 is 0. The van der Waals surface area contributed by atoms with Crippen LogP contribution in [0.4, 0.5) is 0 Å². The SMILES string of the molecule is C=C/C=C(\C)c1ccc(/C(C)=N/N)c(O)c1. The molecule has 0 bridgehead atoms. The third-order valence-corrected chi connectivity index (χ3v) is 2.40. The second-order valence-corrected chi connectivity index (χ2v) is 3.53. The number of hydrogen-bond acceptors (Lipinski definition) is 3. The molecule has 84 valence electrons. The van der Waals surface area contributed by atoms with Crippen molar-refractivity contribution in [3.63, 3.8) is 0 Å². The van der Waals surface area contributed by atoms with Crippen molar-refractivity contribution < 1.29 is 5.11 Å². The average molecular weight is 216 g/mol. The number of nitrogens with two attached hydrogens (primary N) is 1. The van der Waals surface area contributed by atoms with Crippen molar-refractivity contribution in [3.8, 4) is 5.75 Å². The highest BCUT2D eigenvalue weighted by molar-refractivity contribution is 6.01. The number of phenolic OH excluding ortho intramolecular Hbond substituents is 1. The molecular weight excluding hydrogens is 200 g/mol. The fourth-order valence-electron chi connectivity index (χ4n) is 1.43. The third kappa shape index (κ3) is 2.51. The monoisotopic (exact) mass is 216 g/mol. The minimum atomic E-state index is 0.181. The Morgan fingerprint density at radius 1 is 1.44 bits per heavy atom. The minimum Gasteiger partial charge on any atom is -0.507 e. The number of nitrogens with zero attached hydrogens (tertiary/aromatic N) is 1. The number of allylic oxidation sites excluding steroid dienone is 3. The predicted molar refractivity (Wildman–Crippen MR) is 68.4 cm³/mol. The van der Waals surface area contributed by atoms with Gasteiger partial charge in [-0.05, 0) is 37.1 Å². The number of aromatic hydroxyl groups is 1. The summed E-state index contributed by atoms with van der Waals surface area (Å²) in [6, 6.07) is 5.41. The quantitative estimate of drug-likeness (QED) is 0.353. The van der Waals surface area contributed by atoms with Gasteiger partial charge in [-0.15, -0.1) is 0 Å². The molecule has 0 heterocycles. The third-order valence-electron chi connectivity index (χ3n) is 2.40. The molecule has 3 nitrogen and oxygen atoms in total. The van der Waals surface area contributed by atoms with Crippen LogP contribution in [0.1, 0.15) is 25.0 Å². The van der Waals surface area contributed by atoms with Crippen LogP contribution in [0.15, 0.2) is 42.0 Å². The zero-order chi connectivity index (χ0) is 12.1. The standard InChI is InChI=1S/C13H16N2O/c1-4-5-9(2)11-6-7-12(10(3)15-14)13(16)8-11/h4-8,16H,1,14H2,2-3H3/b9-5+,15-10+. The Kier molecular flexibility index (Phi) is 3.89. The van der Waals surface area contributed by atoms with Gasteiger partial charge in [-0.2, -0.15) is 5.10 Å². The van der Waals surface area contributed by atoms with Crippen LogP contribution in [0, 0.1) is 0 Å². The number of hydrogen-bond donors (Lipinski definition) is 2. The summed E-state index contributed by atoms with van der Waals surface area (Å²) in [5, 5.41) is 13.4. The minimum absolute atomic E-state index is 0.181. The number of hydrazone groups is 1. The Morgan fingerprint density at radius 3 is 2.62 bits per heavy atom. The van der Waals surface area contributed by atoms with Crippen molar-refractivity contribution in [2.45, 2.75) is 13.8 Å². The first-order valence-corrected chi connectivity index (χ1v) is 4.97. The zero-order valence-electron chi connectivity index (χ0n) is 9.57. The van der Waals surface area contributed by atoms with Gasteiger partial charge in [0.2, 0.25) is 0 Å². The van der Waals surface area contributed by atoms with Gasteiger partial charge in [0.15, 0.2) is 0 Å². The van der Waals surface area contributed by atoms with Crippen molar-refractivity contribution >= 4 is 11.3 Å². The second kappa shape index (κ2) is 5.16. The van der Waals surface area contributed by atoms with Crippen molar-refractivity contribution in [2.24, 2.45) is 10.9 Å². The van der Waals surface area contributed by atoms with Crippen LogP contribution in [0.2, 0.25) is 0 Å². The summed E-state index contributed by atoms with van der Waals surface area (Å²) in [4.78, 5) is 0. The predicted octanol–water partition coefficient (Wildman–Crippen LogP) is 2.66. The highest BCUT2D eigenvalue weighted by atomic mass is 16.3. The largest absolute Gasteiger partial charge is 0.507 e. The summed E-state index contributed by atoms with van der Waals surface area (Å²) in [6.45, 7) is 7.34. The first-order chi connectivity index (χ1) is 7.60. The molecule has 0 radical (unpaired) electrons. The van der Waals surface area contributed by atoms with Crippen LogP contribution in [0.25, 0.3) is 5.57 Å². The van der Waals surface area contributed by atoms with Crippen LogP contribution in [0.3, 0.4) is 0 Å². The van der Waals surface area contributed by atoms with Crippen molar-refractivity contribution in [2.75, 3.05) is 0 Å². The van der Waals surface area contributed by atoms with E-state index in [4.69, 9.17) is 5.84 Å². The molecule has 3 N–H and O–H groups in total. The van der Waals surface area contributed by atoms with E-state index in [0.717, 1.165) is 11.1 Å². The highest BCUT2D eigenvalue weighted by Gasteiger charge is 2.06. The summed E-state index contributed by atoms with van der Waals surface area (Å²) >= 11 is 0. The van der Waals surface area contributed by atoms with Gasteiger partial charge in [-0.1, -0.05) is 24.8 Å². The van der Waals surface area contributed by atoms with Crippen molar-refractivity contribution in [3.05, 3.63) is 48.1 Å². The van der Waals surface area contributed by atoms with E-state index in [-0.39, 0.29) is 5.75 Å². The molecule has 3 heteroatoms. The van der Waals surface area contributed by atoms with Crippen LogP contribution in [0.5, 0.6) is 5.75 Å². The molecule has 1 aromatic carbocycles. The van der Waals surface area contributed by atoms with Crippen molar-refractivity contribution in [1.29, 1.82) is 0 Å². The van der Waals surface area contributed by atoms with Gasteiger partial charge in [0.25, 0.3) is 0 Å². The lowest BCUT2D eigenvalue weighted by Gasteiger charge is -2.06. The van der Waals surface area contributed by atoms with E-state index in [0.29, 0.717) is 11.3 Å². The maximum Gasteiger partial charge on any atom is 0.125 e. The molecule has 0 fully saturated rings. The average Bonchev–Trinajstić information content (AvgIpc) is 2.28. The lowest BCUT2D eigenvalue weighted by atomic mass is 10.0. The number of benzene rings is 1.